The highest BCUT2D eigenvalue weighted by Crippen LogP contribution is 2.19. The number of benzene rings is 2. The summed E-state index contributed by atoms with van der Waals surface area (Å²) < 4.78 is 0. The van der Waals surface area contributed by atoms with Crippen molar-refractivity contribution >= 4 is 12.1 Å². The molecule has 3 N–H and O–H groups in total. The molecule has 0 aliphatic heterocycles. The number of nitrogens with one attached hydrogen (secondary N) is 2. The number of phenolic OH excluding ortho intramolecular Hbond substituents is 1. The summed E-state index contributed by atoms with van der Waals surface area (Å²) in [6.45, 7) is 3.96. The van der Waals surface area contributed by atoms with Gasteiger partial charge in [0.05, 0.1) is 5.69 Å². The van der Waals surface area contributed by atoms with E-state index in [0.717, 1.165) is 22.6 Å². The largest absolute Gasteiger partial charge is 0.508 e. The van der Waals surface area contributed by atoms with Gasteiger partial charge in [-0.2, -0.15) is 5.10 Å². The standard InChI is InChI=1S/C10H10N2O.C8H9NO/c1-7-6-10(12-11-7)8-2-4-9(13)5-3-8;1-7-2-4-8(5-3-7)9-6-10/h2-6,13H,1H3,(H,11,12);2-6H,1H3,(H,9,10). The first-order chi connectivity index (χ1) is 11.1. The van der Waals surface area contributed by atoms with Gasteiger partial charge in [-0.05, 0) is 56.3 Å². The van der Waals surface area contributed by atoms with Crippen molar-refractivity contribution in [3.8, 4) is 17.0 Å². The molecule has 0 radical (unpaired) electrons. The lowest BCUT2D eigenvalue weighted by Crippen LogP contribution is -1.92. The summed E-state index contributed by atoms with van der Waals surface area (Å²) in [4.78, 5) is 9.95. The van der Waals surface area contributed by atoms with Gasteiger partial charge in [-0.15, -0.1) is 0 Å². The maximum atomic E-state index is 9.95. The molecule has 1 aromatic heterocycles. The quantitative estimate of drug-likeness (QED) is 0.646. The molecule has 0 fully saturated rings. The van der Waals surface area contributed by atoms with Crippen molar-refractivity contribution < 1.29 is 9.90 Å². The van der Waals surface area contributed by atoms with E-state index in [1.807, 2.05) is 56.3 Å². The van der Waals surface area contributed by atoms with Crippen molar-refractivity contribution in [2.24, 2.45) is 0 Å². The smallest absolute Gasteiger partial charge is 0.211 e. The third-order valence-corrected chi connectivity index (χ3v) is 3.15. The molecule has 0 atom stereocenters. The Bertz CT molecular complexity index is 747. The summed E-state index contributed by atoms with van der Waals surface area (Å²) in [7, 11) is 0. The number of rotatable bonds is 3. The van der Waals surface area contributed by atoms with E-state index < -0.39 is 0 Å². The summed E-state index contributed by atoms with van der Waals surface area (Å²) in [6.07, 6.45) is 0.671. The fraction of sp³-hybridized carbons (Fsp3) is 0.111. The summed E-state index contributed by atoms with van der Waals surface area (Å²) in [5.41, 5.74) is 4.96. The molecule has 1 amide bonds. The number of aryl methyl sites for hydroxylation is 2. The van der Waals surface area contributed by atoms with Crippen LogP contribution in [0.1, 0.15) is 11.3 Å². The first-order valence-corrected chi connectivity index (χ1v) is 7.17. The number of phenols is 1. The lowest BCUT2D eigenvalue weighted by Gasteiger charge is -1.96. The van der Waals surface area contributed by atoms with E-state index in [4.69, 9.17) is 5.11 Å². The molecule has 1 heterocycles. The molecule has 2 aromatic carbocycles. The summed E-state index contributed by atoms with van der Waals surface area (Å²) in [5.74, 6) is 0.274. The number of nitrogens with zero attached hydrogens (tertiary/aromatic N) is 1. The van der Waals surface area contributed by atoms with Crippen LogP contribution in [0.2, 0.25) is 0 Å². The van der Waals surface area contributed by atoms with Crippen LogP contribution in [0.15, 0.2) is 54.6 Å². The normalized spacial score (nSPS) is 9.65. The molecule has 0 unspecified atom stereocenters. The number of hydrogen-bond acceptors (Lipinski definition) is 3. The van der Waals surface area contributed by atoms with Gasteiger partial charge in [0.1, 0.15) is 5.75 Å². The molecule has 23 heavy (non-hydrogen) atoms. The first-order valence-electron chi connectivity index (χ1n) is 7.17. The highest BCUT2D eigenvalue weighted by atomic mass is 16.3. The molecule has 5 heteroatoms. The van der Waals surface area contributed by atoms with Crippen LogP contribution >= 0.6 is 0 Å². The molecule has 0 saturated heterocycles. The zero-order valence-electron chi connectivity index (χ0n) is 13.1. The Hall–Kier alpha value is -3.08. The molecular weight excluding hydrogens is 290 g/mol. The van der Waals surface area contributed by atoms with E-state index in [0.29, 0.717) is 6.41 Å². The fourth-order valence-corrected chi connectivity index (χ4v) is 1.92. The van der Waals surface area contributed by atoms with E-state index in [1.165, 1.54) is 5.56 Å². The van der Waals surface area contributed by atoms with Gasteiger partial charge in [0.25, 0.3) is 0 Å². The second kappa shape index (κ2) is 7.79. The average Bonchev–Trinajstić information content (AvgIpc) is 2.98. The summed E-state index contributed by atoms with van der Waals surface area (Å²) >= 11 is 0. The average molecular weight is 309 g/mol. The van der Waals surface area contributed by atoms with Crippen LogP contribution in [0.3, 0.4) is 0 Å². The highest BCUT2D eigenvalue weighted by molar-refractivity contribution is 5.70. The Balaban J connectivity index is 0.000000174. The number of carbonyl (C=O) groups is 1. The number of hydrogen-bond donors (Lipinski definition) is 3. The maximum absolute atomic E-state index is 9.95. The van der Waals surface area contributed by atoms with Gasteiger partial charge in [-0.1, -0.05) is 17.7 Å². The molecular formula is C18H19N3O2. The number of aromatic amines is 1. The Morgan fingerprint density at radius 3 is 2.22 bits per heavy atom. The lowest BCUT2D eigenvalue weighted by atomic mass is 10.1. The zero-order chi connectivity index (χ0) is 16.7. The summed E-state index contributed by atoms with van der Waals surface area (Å²) in [5, 5.41) is 18.6. The van der Waals surface area contributed by atoms with E-state index in [9.17, 15) is 4.79 Å². The third kappa shape index (κ3) is 5.00. The van der Waals surface area contributed by atoms with Crippen LogP contribution in [-0.2, 0) is 4.79 Å². The third-order valence-electron chi connectivity index (χ3n) is 3.15. The van der Waals surface area contributed by atoms with Crippen molar-refractivity contribution in [2.75, 3.05) is 5.32 Å². The molecule has 0 aliphatic rings. The topological polar surface area (TPSA) is 78.0 Å². The van der Waals surface area contributed by atoms with E-state index in [-0.39, 0.29) is 5.75 Å². The molecule has 3 rings (SSSR count). The number of carbonyl (C=O) groups excluding carboxylic acids is 1. The molecule has 118 valence electrons. The lowest BCUT2D eigenvalue weighted by molar-refractivity contribution is -0.105. The van der Waals surface area contributed by atoms with Crippen molar-refractivity contribution in [1.29, 1.82) is 0 Å². The molecule has 0 aliphatic carbocycles. The summed E-state index contributed by atoms with van der Waals surface area (Å²) in [6, 6.07) is 16.6. The molecule has 0 spiro atoms. The number of anilines is 1. The number of aromatic nitrogens is 2. The van der Waals surface area contributed by atoms with Crippen molar-refractivity contribution in [1.82, 2.24) is 10.2 Å². The Kier molecular flexibility index (Phi) is 5.52. The Labute approximate surface area is 135 Å². The van der Waals surface area contributed by atoms with Crippen LogP contribution in [0, 0.1) is 13.8 Å². The number of aromatic hydroxyl groups is 1. The minimum absolute atomic E-state index is 0.274. The van der Waals surface area contributed by atoms with Crippen LogP contribution in [0.5, 0.6) is 5.75 Å². The van der Waals surface area contributed by atoms with Gasteiger partial charge in [0, 0.05) is 16.9 Å². The van der Waals surface area contributed by atoms with Crippen LogP contribution in [0.25, 0.3) is 11.3 Å². The van der Waals surface area contributed by atoms with Gasteiger partial charge < -0.3 is 10.4 Å². The molecule has 0 saturated carbocycles. The number of H-pyrrole nitrogens is 1. The van der Waals surface area contributed by atoms with Crippen LogP contribution < -0.4 is 5.32 Å². The van der Waals surface area contributed by atoms with Crippen LogP contribution in [-0.4, -0.2) is 21.7 Å². The van der Waals surface area contributed by atoms with E-state index >= 15 is 0 Å². The zero-order valence-corrected chi connectivity index (χ0v) is 13.1. The van der Waals surface area contributed by atoms with Gasteiger partial charge in [0.2, 0.25) is 6.41 Å². The SMILES string of the molecule is Cc1cc(-c2ccc(O)cc2)n[nH]1.Cc1ccc(NC=O)cc1. The van der Waals surface area contributed by atoms with Crippen molar-refractivity contribution in [2.45, 2.75) is 13.8 Å². The van der Waals surface area contributed by atoms with Gasteiger partial charge in [-0.25, -0.2) is 0 Å². The minimum Gasteiger partial charge on any atom is -0.508 e. The second-order valence-corrected chi connectivity index (χ2v) is 5.11. The van der Waals surface area contributed by atoms with Crippen LogP contribution in [0.4, 0.5) is 5.69 Å². The second-order valence-electron chi connectivity index (χ2n) is 5.11. The maximum Gasteiger partial charge on any atom is 0.211 e. The van der Waals surface area contributed by atoms with Gasteiger partial charge in [-0.3, -0.25) is 9.89 Å². The molecule has 3 aromatic rings. The predicted octanol–water partition coefficient (Wildman–Crippen LogP) is 3.65. The van der Waals surface area contributed by atoms with Gasteiger partial charge >= 0.3 is 0 Å². The monoisotopic (exact) mass is 309 g/mol. The molecule has 5 nitrogen and oxygen atoms in total. The highest BCUT2D eigenvalue weighted by Gasteiger charge is 2.00. The Morgan fingerprint density at radius 2 is 1.70 bits per heavy atom. The van der Waals surface area contributed by atoms with Gasteiger partial charge in [0.15, 0.2) is 0 Å². The predicted molar refractivity (Wildman–Crippen MR) is 91.3 cm³/mol. The van der Waals surface area contributed by atoms with Crippen molar-refractivity contribution in [3.63, 3.8) is 0 Å². The minimum atomic E-state index is 0.274. The Morgan fingerprint density at radius 1 is 1.04 bits per heavy atom. The van der Waals surface area contributed by atoms with E-state index in [1.54, 1.807) is 12.1 Å². The number of amides is 1. The molecule has 0 bridgehead atoms. The van der Waals surface area contributed by atoms with E-state index in [2.05, 4.69) is 15.5 Å². The fourth-order valence-electron chi connectivity index (χ4n) is 1.92. The first kappa shape index (κ1) is 16.3. The van der Waals surface area contributed by atoms with Crippen molar-refractivity contribution in [3.05, 3.63) is 65.9 Å².